The smallest absolute Gasteiger partial charge is 0.186 e. The first-order chi connectivity index (χ1) is 8.72. The summed E-state index contributed by atoms with van der Waals surface area (Å²) in [6.07, 6.45) is 0.677. The lowest BCUT2D eigenvalue weighted by Gasteiger charge is -2.10. The average molecular weight is 281 g/mol. The van der Waals surface area contributed by atoms with E-state index in [4.69, 9.17) is 16.2 Å². The van der Waals surface area contributed by atoms with Crippen molar-refractivity contribution in [2.75, 3.05) is 5.88 Å². The Kier molecular flexibility index (Phi) is 4.53. The van der Waals surface area contributed by atoms with Crippen LogP contribution in [0, 0.1) is 0 Å². The molecular weight excluding hydrogens is 268 g/mol. The third-order valence-corrected chi connectivity index (χ3v) is 3.57. The van der Waals surface area contributed by atoms with E-state index in [9.17, 15) is 4.21 Å². The second kappa shape index (κ2) is 6.14. The number of alkyl halides is 1. The Labute approximate surface area is 114 Å². The Bertz CT molecular complexity index is 555. The van der Waals surface area contributed by atoms with Crippen LogP contribution in [0.3, 0.4) is 0 Å². The monoisotopic (exact) mass is 280 g/mol. The van der Waals surface area contributed by atoms with E-state index in [0.717, 1.165) is 16.7 Å². The van der Waals surface area contributed by atoms with Crippen molar-refractivity contribution in [3.05, 3.63) is 54.1 Å². The molecule has 2 aromatic carbocycles. The molecule has 0 aliphatic rings. The van der Waals surface area contributed by atoms with Gasteiger partial charge in [0.15, 0.2) is 11.1 Å². The highest BCUT2D eigenvalue weighted by Gasteiger charge is 2.08. The second-order valence-electron chi connectivity index (χ2n) is 3.87. The molecule has 0 bridgehead atoms. The Hall–Kier alpha value is -1.16. The second-order valence-corrected chi connectivity index (χ2v) is 5.22. The normalized spacial score (nSPS) is 12.3. The molecule has 0 saturated heterocycles. The molecule has 1 atom stereocenters. The van der Waals surface area contributed by atoms with E-state index >= 15 is 0 Å². The van der Waals surface area contributed by atoms with E-state index in [1.807, 2.05) is 36.4 Å². The Morgan fingerprint density at radius 2 is 1.83 bits per heavy atom. The lowest BCUT2D eigenvalue weighted by Crippen LogP contribution is -1.96. The third-order valence-electron chi connectivity index (χ3n) is 2.73. The summed E-state index contributed by atoms with van der Waals surface area (Å²) in [4.78, 5) is 0.412. The van der Waals surface area contributed by atoms with Gasteiger partial charge >= 0.3 is 0 Å². The fraction of sp³-hybridized carbons (Fsp3) is 0.143. The summed E-state index contributed by atoms with van der Waals surface area (Å²) < 4.78 is 20.2. The highest BCUT2D eigenvalue weighted by Crippen LogP contribution is 2.26. The molecule has 1 unspecified atom stereocenters. The van der Waals surface area contributed by atoms with Crippen molar-refractivity contribution in [3.8, 4) is 11.1 Å². The van der Waals surface area contributed by atoms with Gasteiger partial charge in [0, 0.05) is 5.88 Å². The van der Waals surface area contributed by atoms with Crippen LogP contribution < -0.4 is 0 Å². The largest absolute Gasteiger partial charge is 0.302 e. The van der Waals surface area contributed by atoms with Crippen molar-refractivity contribution in [2.45, 2.75) is 11.3 Å². The molecule has 0 fully saturated rings. The number of rotatable bonds is 4. The van der Waals surface area contributed by atoms with Crippen LogP contribution in [0.4, 0.5) is 0 Å². The molecule has 0 radical (unpaired) electrons. The van der Waals surface area contributed by atoms with Gasteiger partial charge in [-0.2, -0.15) is 0 Å². The van der Waals surface area contributed by atoms with Crippen molar-refractivity contribution in [1.29, 1.82) is 0 Å². The van der Waals surface area contributed by atoms with Crippen LogP contribution in [0.2, 0.25) is 0 Å². The summed E-state index contributed by atoms with van der Waals surface area (Å²) in [6, 6.07) is 15.2. The molecule has 1 N–H and O–H groups in total. The van der Waals surface area contributed by atoms with Gasteiger partial charge in [-0.25, -0.2) is 4.21 Å². The molecular formula is C14H13ClO2S. The van der Waals surface area contributed by atoms with Crippen molar-refractivity contribution in [1.82, 2.24) is 0 Å². The van der Waals surface area contributed by atoms with Crippen LogP contribution in [0.25, 0.3) is 11.1 Å². The van der Waals surface area contributed by atoms with Crippen LogP contribution >= 0.6 is 11.6 Å². The first kappa shape index (κ1) is 13.3. The van der Waals surface area contributed by atoms with Crippen LogP contribution in [0.15, 0.2) is 53.4 Å². The molecule has 18 heavy (non-hydrogen) atoms. The SMILES string of the molecule is O=S(O)c1ccc(-c2ccccc2)c(CCCl)c1. The molecule has 0 saturated carbocycles. The zero-order chi connectivity index (χ0) is 13.0. The van der Waals surface area contributed by atoms with Gasteiger partial charge in [-0.15, -0.1) is 11.6 Å². The van der Waals surface area contributed by atoms with E-state index < -0.39 is 11.1 Å². The molecule has 4 heteroatoms. The van der Waals surface area contributed by atoms with Gasteiger partial charge in [-0.05, 0) is 35.2 Å². The number of halogens is 1. The minimum Gasteiger partial charge on any atom is -0.302 e. The number of hydrogen-bond acceptors (Lipinski definition) is 1. The lowest BCUT2D eigenvalue weighted by molar-refractivity contribution is 0.564. The van der Waals surface area contributed by atoms with Gasteiger partial charge in [-0.3, -0.25) is 0 Å². The number of hydrogen-bond donors (Lipinski definition) is 1. The average Bonchev–Trinajstić information content (AvgIpc) is 2.40. The van der Waals surface area contributed by atoms with Crippen molar-refractivity contribution < 1.29 is 8.76 Å². The number of aryl methyl sites for hydroxylation is 1. The number of benzene rings is 2. The van der Waals surface area contributed by atoms with Crippen molar-refractivity contribution in [2.24, 2.45) is 0 Å². The molecule has 0 spiro atoms. The molecule has 0 aliphatic heterocycles. The maximum Gasteiger partial charge on any atom is 0.186 e. The molecule has 2 nitrogen and oxygen atoms in total. The predicted octanol–water partition coefficient (Wildman–Crippen LogP) is 3.72. The highest BCUT2D eigenvalue weighted by molar-refractivity contribution is 7.79. The van der Waals surface area contributed by atoms with Gasteiger partial charge in [0.1, 0.15) is 0 Å². The van der Waals surface area contributed by atoms with E-state index in [2.05, 4.69) is 0 Å². The van der Waals surface area contributed by atoms with Crippen molar-refractivity contribution >= 4 is 22.7 Å². The molecule has 0 amide bonds. The minimum atomic E-state index is -1.95. The highest BCUT2D eigenvalue weighted by atomic mass is 35.5. The Morgan fingerprint density at radius 3 is 2.44 bits per heavy atom. The van der Waals surface area contributed by atoms with E-state index in [-0.39, 0.29) is 0 Å². The summed E-state index contributed by atoms with van der Waals surface area (Å²) in [5, 5.41) is 0. The lowest BCUT2D eigenvalue weighted by atomic mass is 9.98. The van der Waals surface area contributed by atoms with E-state index in [1.165, 1.54) is 0 Å². The standard InChI is InChI=1S/C14H13ClO2S/c15-9-8-12-10-13(18(16)17)6-7-14(12)11-4-2-1-3-5-11/h1-7,10H,8-9H2,(H,16,17). The fourth-order valence-electron chi connectivity index (χ4n) is 1.89. The third kappa shape index (κ3) is 2.99. The summed E-state index contributed by atoms with van der Waals surface area (Å²) in [7, 11) is 0. The summed E-state index contributed by atoms with van der Waals surface area (Å²) in [6.45, 7) is 0. The maximum absolute atomic E-state index is 11.1. The summed E-state index contributed by atoms with van der Waals surface area (Å²) in [5.74, 6) is 0.487. The zero-order valence-electron chi connectivity index (χ0n) is 9.67. The first-order valence-corrected chi connectivity index (χ1v) is 7.21. The molecule has 2 aromatic rings. The summed E-state index contributed by atoms with van der Waals surface area (Å²) in [5.41, 5.74) is 3.15. The minimum absolute atomic E-state index is 0.412. The fourth-order valence-corrected chi connectivity index (χ4v) is 2.52. The van der Waals surface area contributed by atoms with Crippen LogP contribution in [0.5, 0.6) is 0 Å². The first-order valence-electron chi connectivity index (χ1n) is 5.57. The van der Waals surface area contributed by atoms with Crippen molar-refractivity contribution in [3.63, 3.8) is 0 Å². The quantitative estimate of drug-likeness (QED) is 0.685. The van der Waals surface area contributed by atoms with Gasteiger partial charge in [-0.1, -0.05) is 36.4 Å². The van der Waals surface area contributed by atoms with E-state index in [0.29, 0.717) is 17.2 Å². The van der Waals surface area contributed by atoms with Crippen LogP contribution in [-0.4, -0.2) is 14.6 Å². The molecule has 94 valence electrons. The van der Waals surface area contributed by atoms with Gasteiger partial charge in [0.2, 0.25) is 0 Å². The molecule has 0 aromatic heterocycles. The zero-order valence-corrected chi connectivity index (χ0v) is 11.2. The van der Waals surface area contributed by atoms with Gasteiger partial charge < -0.3 is 4.55 Å². The molecule has 2 rings (SSSR count). The van der Waals surface area contributed by atoms with Gasteiger partial charge in [0.05, 0.1) is 4.90 Å². The molecule has 0 aliphatic carbocycles. The van der Waals surface area contributed by atoms with Crippen LogP contribution in [0.1, 0.15) is 5.56 Å². The van der Waals surface area contributed by atoms with Gasteiger partial charge in [0.25, 0.3) is 0 Å². The Balaban J connectivity index is 2.50. The topological polar surface area (TPSA) is 37.3 Å². The summed E-state index contributed by atoms with van der Waals surface area (Å²) >= 11 is 3.84. The predicted molar refractivity (Wildman–Crippen MR) is 75.3 cm³/mol. The molecule has 0 heterocycles. The van der Waals surface area contributed by atoms with E-state index in [1.54, 1.807) is 12.1 Å². The Morgan fingerprint density at radius 1 is 1.11 bits per heavy atom. The maximum atomic E-state index is 11.1. The van der Waals surface area contributed by atoms with Crippen LogP contribution in [-0.2, 0) is 17.5 Å².